The third kappa shape index (κ3) is 9.18. The monoisotopic (exact) mass is 557 g/mol. The lowest BCUT2D eigenvalue weighted by atomic mass is 9.98. The molecular weight excluding hydrogens is 518 g/mol. The topological polar surface area (TPSA) is 154 Å². The van der Waals surface area contributed by atoms with E-state index < -0.39 is 48.1 Å². The van der Waals surface area contributed by atoms with Gasteiger partial charge in [-0.05, 0) is 57.4 Å². The fraction of sp³-hybridized carbons (Fsp3) is 0.448. The van der Waals surface area contributed by atoms with E-state index in [1.165, 1.54) is 30.2 Å². The zero-order chi connectivity index (χ0) is 30.0. The second kappa shape index (κ2) is 14.2. The van der Waals surface area contributed by atoms with Crippen LogP contribution in [0.3, 0.4) is 0 Å². The molecule has 2 rings (SSSR count). The van der Waals surface area contributed by atoms with Crippen LogP contribution in [0, 0.1) is 6.92 Å². The lowest BCUT2D eigenvalue weighted by molar-refractivity contribution is -0.144. The molecule has 0 aliphatic heterocycles. The summed E-state index contributed by atoms with van der Waals surface area (Å²) in [5.41, 5.74) is 0.446. The lowest BCUT2D eigenvalue weighted by Gasteiger charge is -2.34. The first-order chi connectivity index (χ1) is 18.8. The predicted molar refractivity (Wildman–Crippen MR) is 148 cm³/mol. The van der Waals surface area contributed by atoms with Gasteiger partial charge in [0, 0.05) is 18.5 Å². The van der Waals surface area contributed by atoms with E-state index in [1.54, 1.807) is 52.0 Å². The number of aryl methyl sites for hydroxylation is 1. The number of benzene rings is 2. The fourth-order valence-electron chi connectivity index (χ4n) is 4.01. The van der Waals surface area contributed by atoms with Crippen molar-refractivity contribution >= 4 is 23.9 Å². The number of aromatic hydroxyl groups is 2. The highest BCUT2D eigenvalue weighted by molar-refractivity contribution is 5.93. The lowest BCUT2D eigenvalue weighted by Crippen LogP contribution is -2.54. The van der Waals surface area contributed by atoms with Crippen LogP contribution in [0.5, 0.6) is 11.5 Å². The molecule has 40 heavy (non-hydrogen) atoms. The molecule has 0 spiro atoms. The van der Waals surface area contributed by atoms with E-state index in [0.717, 1.165) is 0 Å². The Morgan fingerprint density at radius 2 is 1.68 bits per heavy atom. The molecule has 11 heteroatoms. The number of phenolic OH excluding ortho intramolecular Hbond substituents is 2. The number of rotatable bonds is 11. The van der Waals surface area contributed by atoms with Crippen LogP contribution >= 0.6 is 0 Å². The Morgan fingerprint density at radius 1 is 1.02 bits per heavy atom. The van der Waals surface area contributed by atoms with Gasteiger partial charge in [0.15, 0.2) is 0 Å². The second-order valence-electron chi connectivity index (χ2n) is 10.3. The highest BCUT2D eigenvalue weighted by Crippen LogP contribution is 2.32. The number of carbonyl (C=O) groups excluding carboxylic acids is 4. The van der Waals surface area contributed by atoms with Gasteiger partial charge in [-0.2, -0.15) is 0 Å². The van der Waals surface area contributed by atoms with Crippen molar-refractivity contribution in [3.05, 3.63) is 59.2 Å². The van der Waals surface area contributed by atoms with Crippen LogP contribution in [-0.2, 0) is 30.3 Å². The van der Waals surface area contributed by atoms with E-state index in [2.05, 4.69) is 15.4 Å². The molecule has 218 valence electrons. The largest absolute Gasteiger partial charge is 0.508 e. The molecule has 0 aromatic heterocycles. The minimum Gasteiger partial charge on any atom is -0.508 e. The number of methoxy groups -OCH3 is 1. The van der Waals surface area contributed by atoms with Crippen molar-refractivity contribution in [2.45, 2.75) is 65.1 Å². The number of ether oxygens (including phenoxy) is 2. The van der Waals surface area contributed by atoms with E-state index in [-0.39, 0.29) is 30.0 Å². The number of esters is 1. The molecule has 0 heterocycles. The summed E-state index contributed by atoms with van der Waals surface area (Å²) in [5.74, 6) is -2.15. The van der Waals surface area contributed by atoms with Gasteiger partial charge in [0.05, 0.1) is 7.11 Å². The fourth-order valence-corrected chi connectivity index (χ4v) is 4.01. The summed E-state index contributed by atoms with van der Waals surface area (Å²) in [5, 5.41) is 25.7. The SMILES string of the molecule is CCCN(C(=O)C(Cc1ccc(O)cc1)NC(=O)OC(C)(C)C)C(C(=O)NCC(=O)OC)c1cccc(C)c1O. The van der Waals surface area contributed by atoms with E-state index in [4.69, 9.17) is 4.74 Å². The Labute approximate surface area is 234 Å². The Bertz CT molecular complexity index is 1190. The molecular formula is C29H39N3O8. The molecule has 0 saturated heterocycles. The van der Waals surface area contributed by atoms with Gasteiger partial charge in [0.1, 0.15) is 35.7 Å². The van der Waals surface area contributed by atoms with Gasteiger partial charge in [-0.15, -0.1) is 0 Å². The van der Waals surface area contributed by atoms with Gasteiger partial charge in [0.25, 0.3) is 0 Å². The Hall–Kier alpha value is -4.28. The van der Waals surface area contributed by atoms with Crippen molar-refractivity contribution in [1.29, 1.82) is 0 Å². The van der Waals surface area contributed by atoms with Crippen LogP contribution in [-0.4, -0.2) is 70.8 Å². The van der Waals surface area contributed by atoms with Gasteiger partial charge in [-0.3, -0.25) is 14.4 Å². The van der Waals surface area contributed by atoms with Crippen molar-refractivity contribution in [3.63, 3.8) is 0 Å². The van der Waals surface area contributed by atoms with Crippen LogP contribution < -0.4 is 10.6 Å². The minimum absolute atomic E-state index is 0.0227. The Morgan fingerprint density at radius 3 is 2.25 bits per heavy atom. The first-order valence-corrected chi connectivity index (χ1v) is 13.0. The van der Waals surface area contributed by atoms with Crippen molar-refractivity contribution in [2.75, 3.05) is 20.2 Å². The maximum atomic E-state index is 14.2. The highest BCUT2D eigenvalue weighted by atomic mass is 16.6. The summed E-state index contributed by atoms with van der Waals surface area (Å²) in [4.78, 5) is 53.5. The average Bonchev–Trinajstić information content (AvgIpc) is 2.88. The van der Waals surface area contributed by atoms with Gasteiger partial charge in [-0.1, -0.05) is 37.3 Å². The molecule has 2 aromatic rings. The third-order valence-electron chi connectivity index (χ3n) is 5.87. The quantitative estimate of drug-likeness (QED) is 0.307. The molecule has 0 saturated carbocycles. The number of nitrogens with zero attached hydrogens (tertiary/aromatic N) is 1. The Kier molecular flexibility index (Phi) is 11.3. The number of phenols is 2. The van der Waals surface area contributed by atoms with Crippen LogP contribution in [0.2, 0.25) is 0 Å². The number of carbonyl (C=O) groups is 4. The Balaban J connectivity index is 2.57. The average molecular weight is 558 g/mol. The normalized spacial score (nSPS) is 12.6. The first kappa shape index (κ1) is 31.9. The summed E-state index contributed by atoms with van der Waals surface area (Å²) in [6.45, 7) is 8.19. The highest BCUT2D eigenvalue weighted by Gasteiger charge is 2.37. The van der Waals surface area contributed by atoms with Gasteiger partial charge in [-0.25, -0.2) is 4.79 Å². The van der Waals surface area contributed by atoms with Gasteiger partial charge < -0.3 is 35.2 Å². The molecule has 3 amide bonds. The van der Waals surface area contributed by atoms with E-state index in [0.29, 0.717) is 17.5 Å². The standard InChI is InChI=1S/C29H39N3O8/c1-7-15-32(24(26(36)30-17-23(34)39-6)21-10-8-9-18(2)25(21)35)27(37)22(31-28(38)40-29(3,4)5)16-19-11-13-20(33)14-12-19/h8-14,22,24,33,35H,7,15-17H2,1-6H3,(H,30,36)(H,31,38). The van der Waals surface area contributed by atoms with E-state index >= 15 is 0 Å². The number of alkyl carbamates (subject to hydrolysis) is 1. The summed E-state index contributed by atoms with van der Waals surface area (Å²) < 4.78 is 10.0. The molecule has 0 aliphatic carbocycles. The number of hydrogen-bond donors (Lipinski definition) is 4. The molecule has 2 aromatic carbocycles. The number of amides is 3. The zero-order valence-electron chi connectivity index (χ0n) is 23.8. The molecule has 2 unspecified atom stereocenters. The van der Waals surface area contributed by atoms with Crippen LogP contribution in [0.15, 0.2) is 42.5 Å². The summed E-state index contributed by atoms with van der Waals surface area (Å²) in [7, 11) is 1.18. The maximum absolute atomic E-state index is 14.2. The number of para-hydroxylation sites is 1. The predicted octanol–water partition coefficient (Wildman–Crippen LogP) is 3.11. The van der Waals surface area contributed by atoms with Crippen LogP contribution in [0.4, 0.5) is 4.79 Å². The summed E-state index contributed by atoms with van der Waals surface area (Å²) >= 11 is 0. The van der Waals surface area contributed by atoms with Crippen LogP contribution in [0.25, 0.3) is 0 Å². The van der Waals surface area contributed by atoms with Gasteiger partial charge >= 0.3 is 12.1 Å². The molecule has 0 radical (unpaired) electrons. The number of hydrogen-bond acceptors (Lipinski definition) is 8. The smallest absolute Gasteiger partial charge is 0.408 e. The molecule has 0 fully saturated rings. The summed E-state index contributed by atoms with van der Waals surface area (Å²) in [6, 6.07) is 8.47. The number of nitrogens with one attached hydrogen (secondary N) is 2. The molecule has 0 bridgehead atoms. The zero-order valence-corrected chi connectivity index (χ0v) is 23.8. The second-order valence-corrected chi connectivity index (χ2v) is 10.3. The van der Waals surface area contributed by atoms with E-state index in [9.17, 15) is 29.4 Å². The van der Waals surface area contributed by atoms with Crippen molar-refractivity contribution in [3.8, 4) is 11.5 Å². The first-order valence-electron chi connectivity index (χ1n) is 13.0. The molecule has 11 nitrogen and oxygen atoms in total. The molecule has 2 atom stereocenters. The van der Waals surface area contributed by atoms with Crippen molar-refractivity contribution < 1.29 is 38.9 Å². The van der Waals surface area contributed by atoms with Crippen molar-refractivity contribution in [2.24, 2.45) is 0 Å². The molecule has 4 N–H and O–H groups in total. The molecule has 0 aliphatic rings. The van der Waals surface area contributed by atoms with Gasteiger partial charge in [0.2, 0.25) is 11.8 Å². The third-order valence-corrected chi connectivity index (χ3v) is 5.87. The summed E-state index contributed by atoms with van der Waals surface area (Å²) in [6.07, 6.45) is -0.363. The van der Waals surface area contributed by atoms with Crippen LogP contribution in [0.1, 0.15) is 56.8 Å². The maximum Gasteiger partial charge on any atom is 0.408 e. The van der Waals surface area contributed by atoms with Crippen molar-refractivity contribution in [1.82, 2.24) is 15.5 Å². The van der Waals surface area contributed by atoms with E-state index in [1.807, 2.05) is 6.92 Å². The minimum atomic E-state index is -1.33.